The van der Waals surface area contributed by atoms with Crippen LogP contribution in [0.2, 0.25) is 0 Å². The first-order valence-electron chi connectivity index (χ1n) is 8.52. The molecule has 1 fully saturated rings. The van der Waals surface area contributed by atoms with Crippen LogP contribution in [0.1, 0.15) is 11.5 Å². The zero-order chi connectivity index (χ0) is 17.4. The fourth-order valence-electron chi connectivity index (χ4n) is 3.55. The van der Waals surface area contributed by atoms with Gasteiger partial charge in [0.1, 0.15) is 12.3 Å². The number of likely N-dealkylation sites (tertiary alicyclic amines) is 1. The summed E-state index contributed by atoms with van der Waals surface area (Å²) in [6.45, 7) is 3.07. The van der Waals surface area contributed by atoms with E-state index < -0.39 is 6.10 Å². The number of benzene rings is 1. The summed E-state index contributed by atoms with van der Waals surface area (Å²) in [7, 11) is 0. The minimum absolute atomic E-state index is 0.0160. The van der Waals surface area contributed by atoms with Crippen LogP contribution < -0.4 is 0 Å². The second-order valence-electron chi connectivity index (χ2n) is 6.77. The number of β-amino-alcohol motifs (C(OH)–C–C–N with tert-alkyl or cyclic N) is 1. The first kappa shape index (κ1) is 15.9. The number of carbonyl (C=O) groups is 1. The van der Waals surface area contributed by atoms with Crippen molar-refractivity contribution in [2.45, 2.75) is 26.0 Å². The monoisotopic (exact) mass is 339 g/mol. The summed E-state index contributed by atoms with van der Waals surface area (Å²) in [6.07, 6.45) is 2.00. The Morgan fingerprint density at radius 3 is 2.96 bits per heavy atom. The molecule has 130 valence electrons. The van der Waals surface area contributed by atoms with E-state index in [9.17, 15) is 9.90 Å². The molecule has 2 atom stereocenters. The van der Waals surface area contributed by atoms with Crippen molar-refractivity contribution >= 4 is 16.8 Å². The first-order valence-corrected chi connectivity index (χ1v) is 8.52. The Balaban J connectivity index is 1.42. The number of rotatable bonds is 4. The van der Waals surface area contributed by atoms with E-state index in [0.717, 1.165) is 22.4 Å². The van der Waals surface area contributed by atoms with Crippen LogP contribution in [0.5, 0.6) is 0 Å². The van der Waals surface area contributed by atoms with Crippen LogP contribution in [0.15, 0.2) is 47.1 Å². The number of amides is 1. The highest BCUT2D eigenvalue weighted by molar-refractivity contribution is 5.83. The van der Waals surface area contributed by atoms with Crippen LogP contribution in [0.3, 0.4) is 0 Å². The van der Waals surface area contributed by atoms with Crippen LogP contribution in [-0.4, -0.2) is 44.8 Å². The number of aliphatic hydroxyl groups excluding tert-OH is 1. The summed E-state index contributed by atoms with van der Waals surface area (Å²) >= 11 is 0. The molecule has 1 aliphatic heterocycles. The molecule has 6 nitrogen and oxygen atoms in total. The van der Waals surface area contributed by atoms with E-state index in [4.69, 9.17) is 4.52 Å². The lowest BCUT2D eigenvalue weighted by Gasteiger charge is -2.16. The number of aryl methyl sites for hydroxylation is 1. The van der Waals surface area contributed by atoms with Gasteiger partial charge < -0.3 is 19.1 Å². The first-order chi connectivity index (χ1) is 12.1. The van der Waals surface area contributed by atoms with Crippen molar-refractivity contribution in [1.82, 2.24) is 14.6 Å². The minimum Gasteiger partial charge on any atom is -0.391 e. The van der Waals surface area contributed by atoms with Gasteiger partial charge in [-0.1, -0.05) is 23.4 Å². The summed E-state index contributed by atoms with van der Waals surface area (Å²) in [5.74, 6) is 0.765. The molecule has 0 bridgehead atoms. The fraction of sp³-hybridized carbons (Fsp3) is 0.368. The average molecular weight is 339 g/mol. The summed E-state index contributed by atoms with van der Waals surface area (Å²) in [5, 5.41) is 15.3. The van der Waals surface area contributed by atoms with Crippen molar-refractivity contribution < 1.29 is 14.4 Å². The molecular weight excluding hydrogens is 318 g/mol. The summed E-state index contributed by atoms with van der Waals surface area (Å²) in [5.41, 5.74) is 1.87. The maximum atomic E-state index is 12.7. The van der Waals surface area contributed by atoms with Crippen molar-refractivity contribution in [3.8, 4) is 0 Å². The third-order valence-corrected chi connectivity index (χ3v) is 4.89. The Hall–Kier alpha value is -2.60. The van der Waals surface area contributed by atoms with Crippen LogP contribution in [-0.2, 0) is 17.8 Å². The topological polar surface area (TPSA) is 71.5 Å². The predicted molar refractivity (Wildman–Crippen MR) is 93.0 cm³/mol. The van der Waals surface area contributed by atoms with E-state index in [0.29, 0.717) is 19.5 Å². The molecule has 1 saturated heterocycles. The third kappa shape index (κ3) is 3.17. The zero-order valence-corrected chi connectivity index (χ0v) is 14.1. The van der Waals surface area contributed by atoms with E-state index in [1.165, 1.54) is 0 Å². The predicted octanol–water partition coefficient (Wildman–Crippen LogP) is 2.00. The standard InChI is InChI=1S/C19H21N3O3/c1-13-8-16(25-20-13)9-15-10-22(11-18(15)23)19(24)12-21-7-6-14-4-2-3-5-17(14)21/h2-8,15,18,23H,9-12H2,1H3/t15-,18-/m1/s1. The van der Waals surface area contributed by atoms with Crippen LogP contribution in [0, 0.1) is 12.8 Å². The van der Waals surface area contributed by atoms with Gasteiger partial charge in [0.05, 0.1) is 11.8 Å². The van der Waals surface area contributed by atoms with Gasteiger partial charge >= 0.3 is 0 Å². The maximum Gasteiger partial charge on any atom is 0.242 e. The number of aliphatic hydroxyl groups is 1. The molecule has 0 radical (unpaired) electrons. The number of hydrogen-bond donors (Lipinski definition) is 1. The Kier molecular flexibility index (Phi) is 4.05. The van der Waals surface area contributed by atoms with Crippen molar-refractivity contribution in [1.29, 1.82) is 0 Å². The Morgan fingerprint density at radius 2 is 2.16 bits per heavy atom. The number of carbonyl (C=O) groups excluding carboxylic acids is 1. The SMILES string of the molecule is Cc1cc(C[C@@H]2CN(C(=O)Cn3ccc4ccccc43)C[C@H]2O)on1. The lowest BCUT2D eigenvalue weighted by atomic mass is 10.0. The van der Waals surface area contributed by atoms with Crippen molar-refractivity contribution in [2.24, 2.45) is 5.92 Å². The van der Waals surface area contributed by atoms with Gasteiger partial charge in [-0.25, -0.2) is 0 Å². The second kappa shape index (κ2) is 6.37. The summed E-state index contributed by atoms with van der Waals surface area (Å²) in [6, 6.07) is 11.9. The number of hydrogen-bond acceptors (Lipinski definition) is 4. The number of nitrogens with zero attached hydrogens (tertiary/aromatic N) is 3. The van der Waals surface area contributed by atoms with E-state index in [2.05, 4.69) is 5.16 Å². The van der Waals surface area contributed by atoms with Gasteiger partial charge in [0.15, 0.2) is 0 Å². The van der Waals surface area contributed by atoms with E-state index in [1.54, 1.807) is 4.90 Å². The number of aromatic nitrogens is 2. The molecule has 4 rings (SSSR count). The van der Waals surface area contributed by atoms with Crippen molar-refractivity contribution in [3.63, 3.8) is 0 Å². The molecule has 3 heterocycles. The molecular formula is C19H21N3O3. The lowest BCUT2D eigenvalue weighted by Crippen LogP contribution is -2.32. The van der Waals surface area contributed by atoms with Gasteiger partial charge in [-0.05, 0) is 24.4 Å². The fourth-order valence-corrected chi connectivity index (χ4v) is 3.55. The third-order valence-electron chi connectivity index (χ3n) is 4.89. The van der Waals surface area contributed by atoms with Crippen LogP contribution >= 0.6 is 0 Å². The molecule has 25 heavy (non-hydrogen) atoms. The Morgan fingerprint density at radius 1 is 1.32 bits per heavy atom. The number of fused-ring (bicyclic) bond motifs is 1. The van der Waals surface area contributed by atoms with Crippen molar-refractivity contribution in [2.75, 3.05) is 13.1 Å². The molecule has 6 heteroatoms. The van der Waals surface area contributed by atoms with E-state index in [-0.39, 0.29) is 18.4 Å². The lowest BCUT2D eigenvalue weighted by molar-refractivity contribution is -0.131. The highest BCUT2D eigenvalue weighted by Gasteiger charge is 2.34. The highest BCUT2D eigenvalue weighted by atomic mass is 16.5. The zero-order valence-electron chi connectivity index (χ0n) is 14.1. The van der Waals surface area contributed by atoms with Gasteiger partial charge in [-0.2, -0.15) is 0 Å². The average Bonchev–Trinajstić information content (AvgIpc) is 3.29. The molecule has 1 aromatic carbocycles. The summed E-state index contributed by atoms with van der Waals surface area (Å²) < 4.78 is 7.19. The second-order valence-corrected chi connectivity index (χ2v) is 6.77. The molecule has 0 spiro atoms. The molecule has 0 aliphatic carbocycles. The molecule has 3 aromatic rings. The molecule has 1 aliphatic rings. The Bertz CT molecular complexity index is 898. The van der Waals surface area contributed by atoms with E-state index >= 15 is 0 Å². The van der Waals surface area contributed by atoms with Gasteiger partial charge in [-0.15, -0.1) is 0 Å². The number of para-hydroxylation sites is 1. The molecule has 0 unspecified atom stereocenters. The van der Waals surface area contributed by atoms with Crippen molar-refractivity contribution in [3.05, 3.63) is 54.0 Å². The Labute approximate surface area is 145 Å². The van der Waals surface area contributed by atoms with Crippen LogP contribution in [0.25, 0.3) is 10.9 Å². The largest absolute Gasteiger partial charge is 0.391 e. The smallest absolute Gasteiger partial charge is 0.242 e. The molecule has 0 saturated carbocycles. The highest BCUT2D eigenvalue weighted by Crippen LogP contribution is 2.23. The quantitative estimate of drug-likeness (QED) is 0.789. The van der Waals surface area contributed by atoms with E-state index in [1.807, 2.05) is 54.1 Å². The van der Waals surface area contributed by atoms with Gasteiger partial charge in [-0.3, -0.25) is 4.79 Å². The van der Waals surface area contributed by atoms with Crippen LogP contribution in [0.4, 0.5) is 0 Å². The normalized spacial score (nSPS) is 20.5. The van der Waals surface area contributed by atoms with Gasteiger partial charge in [0.2, 0.25) is 5.91 Å². The van der Waals surface area contributed by atoms with Gasteiger partial charge in [0, 0.05) is 43.2 Å². The maximum absolute atomic E-state index is 12.7. The molecule has 1 N–H and O–H groups in total. The minimum atomic E-state index is -0.532. The molecule has 2 aromatic heterocycles. The molecule has 1 amide bonds. The summed E-state index contributed by atoms with van der Waals surface area (Å²) in [4.78, 5) is 14.4. The van der Waals surface area contributed by atoms with Gasteiger partial charge in [0.25, 0.3) is 0 Å².